The number of amides is 1. The van der Waals surface area contributed by atoms with Crippen LogP contribution in [0.1, 0.15) is 457 Å². The number of aliphatic hydroxyl groups is 5. The molecule has 1 fully saturated rings. The van der Waals surface area contributed by atoms with Gasteiger partial charge in [-0.15, -0.1) is 0 Å². The summed E-state index contributed by atoms with van der Waals surface area (Å²) in [7, 11) is 0. The first-order valence-electron chi connectivity index (χ1n) is 41.9. The van der Waals surface area contributed by atoms with E-state index in [4.69, 9.17) is 9.47 Å². The number of carbonyl (C=O) groups is 1. The Morgan fingerprint density at radius 2 is 0.598 bits per heavy atom. The minimum atomic E-state index is -1.57. The van der Waals surface area contributed by atoms with Gasteiger partial charge in [-0.25, -0.2) is 0 Å². The van der Waals surface area contributed by atoms with Crippen molar-refractivity contribution in [1.29, 1.82) is 0 Å². The van der Waals surface area contributed by atoms with Crippen LogP contribution in [-0.2, 0) is 14.3 Å². The molecule has 0 bridgehead atoms. The van der Waals surface area contributed by atoms with Gasteiger partial charge in [-0.2, -0.15) is 0 Å². The Morgan fingerprint density at radius 3 is 0.848 bits per heavy atom. The number of unbranched alkanes of at least 4 members (excludes halogenated alkanes) is 66. The Morgan fingerprint density at radius 1 is 0.359 bits per heavy atom. The number of ether oxygens (including phenoxy) is 2. The fourth-order valence-electron chi connectivity index (χ4n) is 14.1. The van der Waals surface area contributed by atoms with Crippen molar-refractivity contribution in [3.63, 3.8) is 0 Å². The molecule has 1 aliphatic heterocycles. The first-order valence-corrected chi connectivity index (χ1v) is 41.9. The molecular formula is C83H163NO8. The van der Waals surface area contributed by atoms with Gasteiger partial charge in [-0.3, -0.25) is 4.79 Å². The molecule has 0 aliphatic carbocycles. The van der Waals surface area contributed by atoms with Crippen LogP contribution >= 0.6 is 0 Å². The monoisotopic (exact) mass is 1300 g/mol. The van der Waals surface area contributed by atoms with E-state index in [1.807, 2.05) is 6.08 Å². The fourth-order valence-corrected chi connectivity index (χ4v) is 14.1. The molecule has 0 aromatic carbocycles. The van der Waals surface area contributed by atoms with Gasteiger partial charge in [0.05, 0.1) is 25.4 Å². The van der Waals surface area contributed by atoms with Gasteiger partial charge >= 0.3 is 0 Å². The van der Waals surface area contributed by atoms with E-state index in [1.54, 1.807) is 6.08 Å². The average molecular weight is 1300 g/mol. The molecule has 7 unspecified atom stereocenters. The standard InChI is InChI=1S/C83H163NO8/c1-3-5-7-9-11-13-15-17-19-21-23-25-27-29-31-33-35-36-37-38-39-40-41-42-43-45-47-49-51-53-55-57-59-61-63-65-67-69-71-73-79(87)84-76(75-91-83-82(90)81(89)80(88)78(74-85)92-83)77(86)72-70-68-66-64-62-60-58-56-54-52-50-48-46-44-34-32-30-28-26-24-22-20-18-16-14-12-10-8-6-4-2/h70,72,76-78,80-83,85-86,88-90H,3-69,71,73-75H2,1-2H3,(H,84,87)/b72-70+. The van der Waals surface area contributed by atoms with E-state index in [0.29, 0.717) is 6.42 Å². The molecule has 9 heteroatoms. The molecule has 1 amide bonds. The first-order chi connectivity index (χ1) is 45.3. The third-order valence-corrected chi connectivity index (χ3v) is 20.6. The van der Waals surface area contributed by atoms with Crippen LogP contribution in [-0.4, -0.2) is 87.5 Å². The number of rotatable bonds is 76. The van der Waals surface area contributed by atoms with Gasteiger partial charge in [0.1, 0.15) is 24.4 Å². The van der Waals surface area contributed by atoms with Crippen LogP contribution in [0.2, 0.25) is 0 Å². The normalized spacial score (nSPS) is 17.6. The van der Waals surface area contributed by atoms with Crippen LogP contribution in [0, 0.1) is 0 Å². The van der Waals surface area contributed by atoms with Crippen molar-refractivity contribution < 1.29 is 39.8 Å². The Labute approximate surface area is 573 Å². The van der Waals surface area contributed by atoms with Gasteiger partial charge in [0.25, 0.3) is 0 Å². The lowest BCUT2D eigenvalue weighted by Gasteiger charge is -2.40. The topological polar surface area (TPSA) is 149 Å². The molecule has 0 spiro atoms. The molecule has 1 rings (SSSR count). The molecular weight excluding hydrogens is 1140 g/mol. The SMILES string of the molecule is CCCCCCCCCCCCCCCCCCCCCCCCCCCCCC/C=C/C(O)C(COC1OC(CO)C(O)C(O)C1O)NC(=O)CCCCCCCCCCCCCCCCCCCCCCCCCCCCCCCCCCCCCCCCC. The van der Waals surface area contributed by atoms with E-state index in [0.717, 1.165) is 38.5 Å². The molecule has 0 aromatic rings. The van der Waals surface area contributed by atoms with E-state index < -0.39 is 49.5 Å². The lowest BCUT2D eigenvalue weighted by atomic mass is 9.99. The number of allylic oxidation sites excluding steroid dienone is 1. The molecule has 1 heterocycles. The van der Waals surface area contributed by atoms with E-state index in [2.05, 4.69) is 19.2 Å². The summed E-state index contributed by atoms with van der Waals surface area (Å²) in [5, 5.41) is 55.0. The Bertz CT molecular complexity index is 1460. The quantitative estimate of drug-likeness (QED) is 0.0261. The summed E-state index contributed by atoms with van der Waals surface area (Å²) >= 11 is 0. The Balaban J connectivity index is 2.03. The van der Waals surface area contributed by atoms with Crippen molar-refractivity contribution in [3.05, 3.63) is 12.2 Å². The summed E-state index contributed by atoms with van der Waals surface area (Å²) in [4.78, 5) is 13.2. The molecule has 0 saturated carbocycles. The predicted molar refractivity (Wildman–Crippen MR) is 397 cm³/mol. The Kier molecular flexibility index (Phi) is 70.3. The lowest BCUT2D eigenvalue weighted by molar-refractivity contribution is -0.302. The maximum absolute atomic E-state index is 13.2. The molecule has 1 aliphatic rings. The molecule has 92 heavy (non-hydrogen) atoms. The third-order valence-electron chi connectivity index (χ3n) is 20.6. The smallest absolute Gasteiger partial charge is 0.220 e. The van der Waals surface area contributed by atoms with Crippen LogP contribution < -0.4 is 5.32 Å². The lowest BCUT2D eigenvalue weighted by Crippen LogP contribution is -2.60. The molecule has 7 atom stereocenters. The van der Waals surface area contributed by atoms with Crippen LogP contribution in [0.5, 0.6) is 0 Å². The zero-order chi connectivity index (χ0) is 66.4. The van der Waals surface area contributed by atoms with Crippen LogP contribution in [0.4, 0.5) is 0 Å². The highest BCUT2D eigenvalue weighted by molar-refractivity contribution is 5.76. The average Bonchev–Trinajstić information content (AvgIpc) is 1.01. The maximum Gasteiger partial charge on any atom is 0.220 e. The minimum absolute atomic E-state index is 0.165. The van der Waals surface area contributed by atoms with E-state index in [-0.39, 0.29) is 12.5 Å². The maximum atomic E-state index is 13.2. The van der Waals surface area contributed by atoms with E-state index in [9.17, 15) is 30.3 Å². The van der Waals surface area contributed by atoms with Crippen LogP contribution in [0.3, 0.4) is 0 Å². The molecule has 9 nitrogen and oxygen atoms in total. The van der Waals surface area contributed by atoms with Gasteiger partial charge in [0.15, 0.2) is 6.29 Å². The first kappa shape index (κ1) is 88.9. The van der Waals surface area contributed by atoms with Gasteiger partial charge in [0.2, 0.25) is 5.91 Å². The summed E-state index contributed by atoms with van der Waals surface area (Å²) < 4.78 is 11.4. The number of hydrogen-bond acceptors (Lipinski definition) is 8. The zero-order valence-electron chi connectivity index (χ0n) is 61.9. The highest BCUT2D eigenvalue weighted by Crippen LogP contribution is 2.24. The Hall–Kier alpha value is -1.07. The van der Waals surface area contributed by atoms with Crippen LogP contribution in [0.15, 0.2) is 12.2 Å². The van der Waals surface area contributed by atoms with Gasteiger partial charge in [-0.05, 0) is 19.3 Å². The second kappa shape index (κ2) is 72.7. The van der Waals surface area contributed by atoms with Crippen LogP contribution in [0.25, 0.3) is 0 Å². The van der Waals surface area contributed by atoms with Gasteiger partial charge < -0.3 is 40.3 Å². The molecule has 6 N–H and O–H groups in total. The number of carbonyl (C=O) groups excluding carboxylic acids is 1. The second-order valence-electron chi connectivity index (χ2n) is 29.6. The zero-order valence-corrected chi connectivity index (χ0v) is 61.9. The summed E-state index contributed by atoms with van der Waals surface area (Å²) in [5.41, 5.74) is 0. The van der Waals surface area contributed by atoms with Gasteiger partial charge in [0, 0.05) is 6.42 Å². The number of aliphatic hydroxyl groups excluding tert-OH is 5. The molecule has 0 radical (unpaired) electrons. The largest absolute Gasteiger partial charge is 0.394 e. The molecule has 548 valence electrons. The van der Waals surface area contributed by atoms with E-state index in [1.165, 1.54) is 398 Å². The summed E-state index contributed by atoms with van der Waals surface area (Å²) in [6.45, 7) is 3.86. The number of nitrogens with one attached hydrogen (secondary N) is 1. The van der Waals surface area contributed by atoms with Crippen molar-refractivity contribution in [2.45, 2.75) is 500 Å². The fraction of sp³-hybridized carbons (Fsp3) is 0.964. The summed E-state index contributed by atoms with van der Waals surface area (Å²) in [6.07, 6.45) is 89.6. The summed E-state index contributed by atoms with van der Waals surface area (Å²) in [6, 6.07) is -0.803. The van der Waals surface area contributed by atoms with Crippen molar-refractivity contribution in [3.8, 4) is 0 Å². The van der Waals surface area contributed by atoms with Crippen molar-refractivity contribution >= 4 is 5.91 Å². The highest BCUT2D eigenvalue weighted by atomic mass is 16.7. The highest BCUT2D eigenvalue weighted by Gasteiger charge is 2.44. The summed E-state index contributed by atoms with van der Waals surface area (Å²) in [5.74, 6) is -0.165. The third kappa shape index (κ3) is 60.1. The molecule has 1 saturated heterocycles. The van der Waals surface area contributed by atoms with Crippen molar-refractivity contribution in [1.82, 2.24) is 5.32 Å². The van der Waals surface area contributed by atoms with E-state index >= 15 is 0 Å². The van der Waals surface area contributed by atoms with Gasteiger partial charge in [-0.1, -0.05) is 443 Å². The predicted octanol–water partition coefficient (Wildman–Crippen LogP) is 24.2. The minimum Gasteiger partial charge on any atom is -0.394 e. The second-order valence-corrected chi connectivity index (χ2v) is 29.6. The molecule has 0 aromatic heterocycles. The van der Waals surface area contributed by atoms with Crippen molar-refractivity contribution in [2.24, 2.45) is 0 Å². The number of hydrogen-bond donors (Lipinski definition) is 6. The van der Waals surface area contributed by atoms with Crippen molar-refractivity contribution in [2.75, 3.05) is 13.2 Å².